The van der Waals surface area contributed by atoms with Crippen molar-refractivity contribution in [1.29, 1.82) is 0 Å². The van der Waals surface area contributed by atoms with Gasteiger partial charge in [-0.15, -0.1) is 0 Å². The standard InChI is InChI=1S/C13H23NO2/c1-11-6-7-12(16-11)13(2,3)10-14-8-4-5-9-15/h6-7,14-15H,4-5,8-10H2,1-3H3. The number of rotatable bonds is 7. The van der Waals surface area contributed by atoms with Crippen LogP contribution in [0.5, 0.6) is 0 Å². The molecule has 1 rings (SSSR count). The summed E-state index contributed by atoms with van der Waals surface area (Å²) in [5.74, 6) is 1.99. The lowest BCUT2D eigenvalue weighted by atomic mass is 9.90. The first-order valence-corrected chi connectivity index (χ1v) is 5.95. The third kappa shape index (κ3) is 3.99. The zero-order chi connectivity index (χ0) is 12.0. The first-order chi connectivity index (χ1) is 7.56. The molecular formula is C13H23NO2. The molecule has 3 nitrogen and oxygen atoms in total. The first kappa shape index (κ1) is 13.3. The minimum Gasteiger partial charge on any atom is -0.466 e. The number of aryl methyl sites for hydroxylation is 1. The van der Waals surface area contributed by atoms with E-state index >= 15 is 0 Å². The Labute approximate surface area is 97.9 Å². The fraction of sp³-hybridized carbons (Fsp3) is 0.692. The smallest absolute Gasteiger partial charge is 0.111 e. The molecule has 16 heavy (non-hydrogen) atoms. The van der Waals surface area contributed by atoms with Crippen molar-refractivity contribution in [2.75, 3.05) is 19.7 Å². The number of hydrogen-bond acceptors (Lipinski definition) is 3. The lowest BCUT2D eigenvalue weighted by molar-refractivity contribution is 0.282. The zero-order valence-electron chi connectivity index (χ0n) is 10.5. The normalized spacial score (nSPS) is 12.0. The van der Waals surface area contributed by atoms with Crippen LogP contribution in [0.25, 0.3) is 0 Å². The number of hydrogen-bond donors (Lipinski definition) is 2. The second-order valence-corrected chi connectivity index (χ2v) is 4.90. The number of aliphatic hydroxyl groups is 1. The van der Waals surface area contributed by atoms with E-state index in [0.29, 0.717) is 0 Å². The SMILES string of the molecule is Cc1ccc(C(C)(C)CNCCCCO)o1. The Morgan fingerprint density at radius 1 is 1.31 bits per heavy atom. The van der Waals surface area contributed by atoms with Gasteiger partial charge < -0.3 is 14.8 Å². The van der Waals surface area contributed by atoms with Crippen molar-refractivity contribution in [3.05, 3.63) is 23.7 Å². The molecule has 0 aromatic carbocycles. The lowest BCUT2D eigenvalue weighted by Crippen LogP contribution is -2.33. The summed E-state index contributed by atoms with van der Waals surface area (Å²) in [7, 11) is 0. The van der Waals surface area contributed by atoms with Gasteiger partial charge in [-0.2, -0.15) is 0 Å². The molecule has 0 atom stereocenters. The van der Waals surface area contributed by atoms with Crippen LogP contribution in [0.2, 0.25) is 0 Å². The van der Waals surface area contributed by atoms with Gasteiger partial charge in [0, 0.05) is 18.6 Å². The largest absolute Gasteiger partial charge is 0.466 e. The van der Waals surface area contributed by atoms with Crippen LogP contribution in [0.1, 0.15) is 38.2 Å². The fourth-order valence-electron chi connectivity index (χ4n) is 1.65. The van der Waals surface area contributed by atoms with Gasteiger partial charge in [-0.1, -0.05) is 13.8 Å². The molecule has 3 heteroatoms. The number of nitrogens with one attached hydrogen (secondary N) is 1. The highest BCUT2D eigenvalue weighted by Crippen LogP contribution is 2.24. The van der Waals surface area contributed by atoms with Gasteiger partial charge in [-0.05, 0) is 38.4 Å². The van der Waals surface area contributed by atoms with Crippen molar-refractivity contribution in [3.63, 3.8) is 0 Å². The highest BCUT2D eigenvalue weighted by Gasteiger charge is 2.23. The Hall–Kier alpha value is -0.800. The highest BCUT2D eigenvalue weighted by atomic mass is 16.3. The van der Waals surface area contributed by atoms with E-state index in [2.05, 4.69) is 19.2 Å². The average Bonchev–Trinajstić information content (AvgIpc) is 2.65. The summed E-state index contributed by atoms with van der Waals surface area (Å²) in [5.41, 5.74) is 0.0213. The third-order valence-corrected chi connectivity index (χ3v) is 2.74. The van der Waals surface area contributed by atoms with Crippen molar-refractivity contribution in [1.82, 2.24) is 5.32 Å². The molecular weight excluding hydrogens is 202 g/mol. The van der Waals surface area contributed by atoms with E-state index < -0.39 is 0 Å². The summed E-state index contributed by atoms with van der Waals surface area (Å²) in [6.07, 6.45) is 1.89. The Balaban J connectivity index is 2.34. The molecule has 1 aromatic heterocycles. The molecule has 0 amide bonds. The van der Waals surface area contributed by atoms with Crippen molar-refractivity contribution in [3.8, 4) is 0 Å². The topological polar surface area (TPSA) is 45.4 Å². The maximum absolute atomic E-state index is 8.66. The van der Waals surface area contributed by atoms with E-state index in [1.165, 1.54) is 0 Å². The van der Waals surface area contributed by atoms with Crippen molar-refractivity contribution < 1.29 is 9.52 Å². The van der Waals surface area contributed by atoms with Crippen LogP contribution in [0, 0.1) is 6.92 Å². The van der Waals surface area contributed by atoms with E-state index in [4.69, 9.17) is 9.52 Å². The highest BCUT2D eigenvalue weighted by molar-refractivity contribution is 5.15. The Morgan fingerprint density at radius 2 is 2.06 bits per heavy atom. The Bertz CT molecular complexity index is 305. The second kappa shape index (κ2) is 6.06. The molecule has 1 heterocycles. The predicted octanol–water partition coefficient (Wildman–Crippen LogP) is 2.23. The van der Waals surface area contributed by atoms with Crippen LogP contribution in [0.3, 0.4) is 0 Å². The van der Waals surface area contributed by atoms with E-state index in [9.17, 15) is 0 Å². The molecule has 2 N–H and O–H groups in total. The minimum atomic E-state index is 0.0213. The monoisotopic (exact) mass is 225 g/mol. The Morgan fingerprint density at radius 3 is 2.62 bits per heavy atom. The van der Waals surface area contributed by atoms with Gasteiger partial charge in [-0.3, -0.25) is 0 Å². The van der Waals surface area contributed by atoms with Crippen LogP contribution in [0.15, 0.2) is 16.5 Å². The predicted molar refractivity (Wildman–Crippen MR) is 65.7 cm³/mol. The molecule has 0 aliphatic heterocycles. The van der Waals surface area contributed by atoms with Crippen LogP contribution in [-0.4, -0.2) is 24.8 Å². The molecule has 0 radical (unpaired) electrons. The first-order valence-electron chi connectivity index (χ1n) is 5.95. The molecule has 1 aromatic rings. The van der Waals surface area contributed by atoms with Crippen LogP contribution < -0.4 is 5.32 Å². The lowest BCUT2D eigenvalue weighted by Gasteiger charge is -2.22. The summed E-state index contributed by atoms with van der Waals surface area (Å²) < 4.78 is 5.65. The van der Waals surface area contributed by atoms with E-state index in [0.717, 1.165) is 37.5 Å². The molecule has 0 fully saturated rings. The maximum Gasteiger partial charge on any atom is 0.111 e. The molecule has 0 aliphatic rings. The minimum absolute atomic E-state index is 0.0213. The van der Waals surface area contributed by atoms with Crippen LogP contribution in [-0.2, 0) is 5.41 Å². The van der Waals surface area contributed by atoms with Gasteiger partial charge in [-0.25, -0.2) is 0 Å². The molecule has 0 aliphatic carbocycles. The average molecular weight is 225 g/mol. The molecule has 0 bridgehead atoms. The Kier molecular flexibility index (Phi) is 5.03. The van der Waals surface area contributed by atoms with Gasteiger partial charge in [0.15, 0.2) is 0 Å². The van der Waals surface area contributed by atoms with Crippen molar-refractivity contribution in [2.24, 2.45) is 0 Å². The fourth-order valence-corrected chi connectivity index (χ4v) is 1.65. The molecule has 0 saturated carbocycles. The van der Waals surface area contributed by atoms with E-state index in [1.54, 1.807) is 0 Å². The summed E-state index contributed by atoms with van der Waals surface area (Å²) in [6.45, 7) is 8.43. The molecule has 0 unspecified atom stereocenters. The van der Waals surface area contributed by atoms with Gasteiger partial charge in [0.2, 0.25) is 0 Å². The maximum atomic E-state index is 8.66. The number of furan rings is 1. The van der Waals surface area contributed by atoms with Crippen LogP contribution in [0.4, 0.5) is 0 Å². The molecule has 0 spiro atoms. The summed E-state index contributed by atoms with van der Waals surface area (Å²) in [6, 6.07) is 4.05. The number of unbranched alkanes of at least 4 members (excludes halogenated alkanes) is 1. The van der Waals surface area contributed by atoms with E-state index in [1.807, 2.05) is 19.1 Å². The van der Waals surface area contributed by atoms with Crippen LogP contribution >= 0.6 is 0 Å². The zero-order valence-corrected chi connectivity index (χ0v) is 10.5. The van der Waals surface area contributed by atoms with E-state index in [-0.39, 0.29) is 12.0 Å². The third-order valence-electron chi connectivity index (χ3n) is 2.74. The van der Waals surface area contributed by atoms with Crippen molar-refractivity contribution >= 4 is 0 Å². The van der Waals surface area contributed by atoms with Gasteiger partial charge in [0.25, 0.3) is 0 Å². The summed E-state index contributed by atoms with van der Waals surface area (Å²) in [5, 5.41) is 12.1. The molecule has 0 saturated heterocycles. The molecule has 92 valence electrons. The van der Waals surface area contributed by atoms with Gasteiger partial charge in [0.05, 0.1) is 0 Å². The van der Waals surface area contributed by atoms with Crippen molar-refractivity contribution in [2.45, 2.75) is 39.0 Å². The van der Waals surface area contributed by atoms with Gasteiger partial charge in [0.1, 0.15) is 11.5 Å². The summed E-state index contributed by atoms with van der Waals surface area (Å²) in [4.78, 5) is 0. The number of aliphatic hydroxyl groups excluding tert-OH is 1. The quantitative estimate of drug-likeness (QED) is 0.699. The van der Waals surface area contributed by atoms with Gasteiger partial charge >= 0.3 is 0 Å². The second-order valence-electron chi connectivity index (χ2n) is 4.90. The summed E-state index contributed by atoms with van der Waals surface area (Å²) >= 11 is 0.